The predicted molar refractivity (Wildman–Crippen MR) is 88.6 cm³/mol. The zero-order valence-electron chi connectivity index (χ0n) is 12.4. The summed E-state index contributed by atoms with van der Waals surface area (Å²) in [7, 11) is 0. The zero-order chi connectivity index (χ0) is 15.8. The van der Waals surface area contributed by atoms with Gasteiger partial charge in [0.2, 0.25) is 0 Å². The Morgan fingerprint density at radius 3 is 2.70 bits per heavy atom. The van der Waals surface area contributed by atoms with Gasteiger partial charge < -0.3 is 4.90 Å². The Bertz CT molecular complexity index is 883. The summed E-state index contributed by atoms with van der Waals surface area (Å²) in [4.78, 5) is 14.4. The number of carbonyl (C=O) groups excluding carboxylic acids is 1. The van der Waals surface area contributed by atoms with Gasteiger partial charge in [0.25, 0.3) is 5.91 Å². The summed E-state index contributed by atoms with van der Waals surface area (Å²) >= 11 is 6.04. The van der Waals surface area contributed by atoms with Crippen molar-refractivity contribution in [3.05, 3.63) is 53.2 Å². The molecule has 1 aliphatic heterocycles. The maximum atomic E-state index is 12.5. The van der Waals surface area contributed by atoms with Crippen LogP contribution >= 0.6 is 11.6 Å². The Morgan fingerprint density at radius 2 is 1.91 bits per heavy atom. The van der Waals surface area contributed by atoms with Gasteiger partial charge in [0.1, 0.15) is 0 Å². The van der Waals surface area contributed by atoms with Crippen molar-refractivity contribution < 1.29 is 4.79 Å². The Kier molecular flexibility index (Phi) is 3.50. The van der Waals surface area contributed by atoms with E-state index in [-0.39, 0.29) is 5.91 Å². The smallest absolute Gasteiger partial charge is 0.254 e. The van der Waals surface area contributed by atoms with Crippen LogP contribution in [-0.4, -0.2) is 38.5 Å². The van der Waals surface area contributed by atoms with Gasteiger partial charge in [-0.2, -0.15) is 0 Å². The lowest BCUT2D eigenvalue weighted by Crippen LogP contribution is -2.27. The minimum absolute atomic E-state index is 0.0669. The largest absolute Gasteiger partial charge is 0.339 e. The van der Waals surface area contributed by atoms with Crippen LogP contribution in [0.1, 0.15) is 23.2 Å². The van der Waals surface area contributed by atoms with E-state index in [9.17, 15) is 4.79 Å². The van der Waals surface area contributed by atoms with Gasteiger partial charge in [0, 0.05) is 35.4 Å². The summed E-state index contributed by atoms with van der Waals surface area (Å²) in [5.41, 5.74) is 2.21. The number of rotatable bonds is 2. The van der Waals surface area contributed by atoms with E-state index in [0.29, 0.717) is 22.1 Å². The summed E-state index contributed by atoms with van der Waals surface area (Å²) in [5, 5.41) is 9.08. The molecule has 0 atom stereocenters. The fourth-order valence-corrected chi connectivity index (χ4v) is 3.14. The number of aromatic nitrogens is 3. The van der Waals surface area contributed by atoms with Crippen molar-refractivity contribution in [2.75, 3.05) is 13.1 Å². The lowest BCUT2D eigenvalue weighted by Gasteiger charge is -2.15. The third-order valence-electron chi connectivity index (χ3n) is 4.13. The quantitative estimate of drug-likeness (QED) is 0.726. The first-order valence-electron chi connectivity index (χ1n) is 7.62. The first-order chi connectivity index (χ1) is 11.2. The van der Waals surface area contributed by atoms with Crippen molar-refractivity contribution in [1.29, 1.82) is 0 Å². The molecule has 3 aromatic rings. The number of fused-ring (bicyclic) bond motifs is 1. The molecule has 1 aromatic carbocycles. The molecule has 1 amide bonds. The van der Waals surface area contributed by atoms with Crippen LogP contribution in [0, 0.1) is 0 Å². The fourth-order valence-electron chi connectivity index (χ4n) is 2.95. The number of amides is 1. The van der Waals surface area contributed by atoms with Crippen molar-refractivity contribution in [2.45, 2.75) is 12.8 Å². The maximum Gasteiger partial charge on any atom is 0.254 e. The third kappa shape index (κ3) is 2.57. The van der Waals surface area contributed by atoms with E-state index in [0.717, 1.165) is 31.5 Å². The summed E-state index contributed by atoms with van der Waals surface area (Å²) < 4.78 is 1.87. The van der Waals surface area contributed by atoms with Crippen molar-refractivity contribution >= 4 is 23.2 Å². The normalized spacial score (nSPS) is 14.6. The lowest BCUT2D eigenvalue weighted by atomic mass is 10.2. The van der Waals surface area contributed by atoms with Crippen LogP contribution in [0.25, 0.3) is 17.0 Å². The molecule has 1 saturated heterocycles. The highest BCUT2D eigenvalue weighted by Crippen LogP contribution is 2.22. The van der Waals surface area contributed by atoms with Gasteiger partial charge in [-0.3, -0.25) is 9.20 Å². The Balaban J connectivity index is 1.73. The minimum atomic E-state index is 0.0669. The molecular weight excluding hydrogens is 312 g/mol. The molecule has 3 heterocycles. The van der Waals surface area contributed by atoms with E-state index in [1.807, 2.05) is 45.8 Å². The number of hydrogen-bond donors (Lipinski definition) is 0. The number of benzene rings is 1. The SMILES string of the molecule is O=C(c1ccn2c(-c3cccc(Cl)c3)nnc2c1)N1CCCC1. The van der Waals surface area contributed by atoms with Crippen LogP contribution in [0.4, 0.5) is 0 Å². The highest BCUT2D eigenvalue weighted by atomic mass is 35.5. The van der Waals surface area contributed by atoms with E-state index in [4.69, 9.17) is 11.6 Å². The minimum Gasteiger partial charge on any atom is -0.339 e. The van der Waals surface area contributed by atoms with Crippen LogP contribution in [0.2, 0.25) is 5.02 Å². The number of nitrogens with zero attached hydrogens (tertiary/aromatic N) is 4. The highest BCUT2D eigenvalue weighted by molar-refractivity contribution is 6.30. The summed E-state index contributed by atoms with van der Waals surface area (Å²) in [6.45, 7) is 1.68. The van der Waals surface area contributed by atoms with Gasteiger partial charge in [0.15, 0.2) is 11.5 Å². The Morgan fingerprint density at radius 1 is 1.09 bits per heavy atom. The Hall–Kier alpha value is -2.40. The molecular formula is C17H15ClN4O. The van der Waals surface area contributed by atoms with Crippen LogP contribution in [0.5, 0.6) is 0 Å². The van der Waals surface area contributed by atoms with Crippen LogP contribution in [0.15, 0.2) is 42.6 Å². The molecule has 1 aliphatic rings. The van der Waals surface area contributed by atoms with Crippen molar-refractivity contribution in [3.63, 3.8) is 0 Å². The summed E-state index contributed by atoms with van der Waals surface area (Å²) in [5.74, 6) is 0.778. The van der Waals surface area contributed by atoms with Crippen molar-refractivity contribution in [2.24, 2.45) is 0 Å². The molecule has 6 heteroatoms. The second kappa shape index (κ2) is 5.66. The second-order valence-corrected chi connectivity index (χ2v) is 6.11. The molecule has 0 N–H and O–H groups in total. The van der Waals surface area contributed by atoms with Crippen molar-refractivity contribution in [3.8, 4) is 11.4 Å². The summed E-state index contributed by atoms with van der Waals surface area (Å²) in [6.07, 6.45) is 4.00. The molecule has 0 bridgehead atoms. The van der Waals surface area contributed by atoms with Gasteiger partial charge in [-0.25, -0.2) is 0 Å². The number of carbonyl (C=O) groups is 1. The maximum absolute atomic E-state index is 12.5. The highest BCUT2D eigenvalue weighted by Gasteiger charge is 2.20. The summed E-state index contributed by atoms with van der Waals surface area (Å²) in [6, 6.07) is 11.1. The third-order valence-corrected chi connectivity index (χ3v) is 4.37. The molecule has 1 fully saturated rings. The number of likely N-dealkylation sites (tertiary alicyclic amines) is 1. The number of hydrogen-bond acceptors (Lipinski definition) is 3. The molecule has 23 heavy (non-hydrogen) atoms. The molecule has 2 aromatic heterocycles. The molecule has 0 saturated carbocycles. The van der Waals surface area contributed by atoms with Gasteiger partial charge >= 0.3 is 0 Å². The van der Waals surface area contributed by atoms with E-state index in [1.165, 1.54) is 0 Å². The average Bonchev–Trinajstić information content (AvgIpc) is 3.23. The molecule has 5 nitrogen and oxygen atoms in total. The van der Waals surface area contributed by atoms with E-state index < -0.39 is 0 Å². The van der Waals surface area contributed by atoms with Crippen molar-refractivity contribution in [1.82, 2.24) is 19.5 Å². The molecule has 0 aliphatic carbocycles. The Labute approximate surface area is 138 Å². The lowest BCUT2D eigenvalue weighted by molar-refractivity contribution is 0.0793. The molecule has 0 radical (unpaired) electrons. The van der Waals surface area contributed by atoms with Gasteiger partial charge in [-0.1, -0.05) is 23.7 Å². The average molecular weight is 327 g/mol. The second-order valence-electron chi connectivity index (χ2n) is 5.68. The van der Waals surface area contributed by atoms with Crippen LogP contribution < -0.4 is 0 Å². The first kappa shape index (κ1) is 14.2. The first-order valence-corrected chi connectivity index (χ1v) is 8.00. The molecule has 0 spiro atoms. The topological polar surface area (TPSA) is 50.5 Å². The van der Waals surface area contributed by atoms with E-state index >= 15 is 0 Å². The van der Waals surface area contributed by atoms with E-state index in [2.05, 4.69) is 10.2 Å². The van der Waals surface area contributed by atoms with Gasteiger partial charge in [-0.15, -0.1) is 10.2 Å². The molecule has 0 unspecified atom stereocenters. The monoisotopic (exact) mass is 326 g/mol. The number of pyridine rings is 1. The van der Waals surface area contributed by atoms with Gasteiger partial charge in [-0.05, 0) is 37.1 Å². The molecule has 116 valence electrons. The number of halogens is 1. The standard InChI is InChI=1S/C17H15ClN4O/c18-14-5-3-4-12(10-14)16-20-19-15-11-13(6-9-22(15)16)17(23)21-7-1-2-8-21/h3-6,9-11H,1-2,7-8H2. The predicted octanol–water partition coefficient (Wildman–Crippen LogP) is 3.29. The van der Waals surface area contributed by atoms with Crippen LogP contribution in [-0.2, 0) is 0 Å². The van der Waals surface area contributed by atoms with E-state index in [1.54, 1.807) is 6.07 Å². The van der Waals surface area contributed by atoms with Gasteiger partial charge in [0.05, 0.1) is 0 Å². The zero-order valence-corrected chi connectivity index (χ0v) is 13.2. The fraction of sp³-hybridized carbons (Fsp3) is 0.235. The van der Waals surface area contributed by atoms with Crippen LogP contribution in [0.3, 0.4) is 0 Å². The molecule has 4 rings (SSSR count).